The number of hydrogen-bond donors (Lipinski definition) is 2. The maximum atomic E-state index is 14.7. The van der Waals surface area contributed by atoms with Crippen LogP contribution in [0.15, 0.2) is 42.5 Å². The number of carboxylic acid groups (broad SMARTS) is 1. The molecule has 1 saturated carbocycles. The predicted octanol–water partition coefficient (Wildman–Crippen LogP) is 5.31. The summed E-state index contributed by atoms with van der Waals surface area (Å²) in [6.07, 6.45) is 6.11. The summed E-state index contributed by atoms with van der Waals surface area (Å²) in [6, 6.07) is 6.16. The molecule has 2 fully saturated rings. The number of carbonyl (C=O) groups excluding carboxylic acids is 7. The van der Waals surface area contributed by atoms with Crippen molar-refractivity contribution in [2.75, 3.05) is 41.4 Å². The van der Waals surface area contributed by atoms with Gasteiger partial charge in [-0.25, -0.2) is 4.79 Å². The van der Waals surface area contributed by atoms with Crippen LogP contribution in [0.4, 0.5) is 0 Å². The smallest absolute Gasteiger partial charge is 0.326 e. The minimum Gasteiger partial charge on any atom is -0.480 e. The van der Waals surface area contributed by atoms with Gasteiger partial charge in [0.05, 0.1) is 42.7 Å². The number of rotatable bonds is 28. The minimum atomic E-state index is -1.16. The van der Waals surface area contributed by atoms with Crippen molar-refractivity contribution >= 4 is 47.2 Å². The second kappa shape index (κ2) is 25.1. The van der Waals surface area contributed by atoms with E-state index in [1.54, 1.807) is 30.8 Å². The molecule has 16 heteroatoms. The van der Waals surface area contributed by atoms with Gasteiger partial charge in [-0.05, 0) is 60.8 Å². The molecule has 1 aliphatic carbocycles. The maximum Gasteiger partial charge on any atom is 0.326 e. The van der Waals surface area contributed by atoms with Crippen molar-refractivity contribution in [3.05, 3.63) is 48.0 Å². The van der Waals surface area contributed by atoms with E-state index >= 15 is 0 Å². The number of carboxylic acids is 1. The number of hydrogen-bond acceptors (Lipinski definition) is 10. The van der Waals surface area contributed by atoms with Crippen LogP contribution < -0.4 is 5.32 Å². The number of methoxy groups -OCH3 is 2. The lowest BCUT2D eigenvalue weighted by Gasteiger charge is -2.41. The summed E-state index contributed by atoms with van der Waals surface area (Å²) < 4.78 is 12.1. The van der Waals surface area contributed by atoms with Crippen LogP contribution in [0.2, 0.25) is 0 Å². The minimum absolute atomic E-state index is 0.0514. The number of carbonyl (C=O) groups is 8. The third-order valence-corrected chi connectivity index (χ3v) is 14.8. The van der Waals surface area contributed by atoms with Gasteiger partial charge in [0, 0.05) is 78.7 Å². The van der Waals surface area contributed by atoms with Crippen LogP contribution in [0.3, 0.4) is 0 Å². The Morgan fingerprint density at radius 1 is 0.853 bits per heavy atom. The van der Waals surface area contributed by atoms with Gasteiger partial charge in [0.2, 0.25) is 23.6 Å². The number of likely N-dealkylation sites (tertiary alicyclic amines) is 1. The van der Waals surface area contributed by atoms with E-state index in [0.29, 0.717) is 38.6 Å². The topological polar surface area (TPSA) is 200 Å². The van der Waals surface area contributed by atoms with Gasteiger partial charge in [-0.15, -0.1) is 0 Å². The third-order valence-electron chi connectivity index (χ3n) is 14.8. The first-order chi connectivity index (χ1) is 32.1. The Kier molecular flexibility index (Phi) is 20.5. The Balaban J connectivity index is 1.45. The number of benzene rings is 1. The quantitative estimate of drug-likeness (QED) is 0.0816. The van der Waals surface area contributed by atoms with Crippen LogP contribution in [-0.4, -0.2) is 150 Å². The SMILES string of the molecule is CC[C@H](C)[C@@H]([C@@H](CC(=O)N1CC2(CC2)C[C@H]1[C@H](OC)[C@@H](C)C(=O)N[C@@H](Cc1ccccc1)C(=O)O)OC)N(C)C(=O)[C@@H](CC(=O)[C@H](C(C)C)N(C)C(=O)CCCCCN1C(=O)C=CC1=O)C(C)C. The van der Waals surface area contributed by atoms with Gasteiger partial charge in [-0.1, -0.05) is 91.6 Å². The summed E-state index contributed by atoms with van der Waals surface area (Å²) in [5.41, 5.74) is 0.684. The molecule has 0 radical (unpaired) electrons. The first-order valence-electron chi connectivity index (χ1n) is 24.6. The van der Waals surface area contributed by atoms with Crippen LogP contribution in [0, 0.1) is 35.0 Å². The summed E-state index contributed by atoms with van der Waals surface area (Å²) >= 11 is 0. The molecular formula is C52H79N5O11. The van der Waals surface area contributed by atoms with E-state index in [4.69, 9.17) is 9.47 Å². The highest BCUT2D eigenvalue weighted by atomic mass is 16.5. The Morgan fingerprint density at radius 2 is 1.49 bits per heavy atom. The maximum absolute atomic E-state index is 14.7. The first-order valence-corrected chi connectivity index (χ1v) is 24.6. The van der Waals surface area contributed by atoms with Crippen molar-refractivity contribution in [2.45, 2.75) is 155 Å². The van der Waals surface area contributed by atoms with Crippen LogP contribution >= 0.6 is 0 Å². The van der Waals surface area contributed by atoms with Gasteiger partial charge in [-0.2, -0.15) is 0 Å². The molecule has 0 bridgehead atoms. The van der Waals surface area contributed by atoms with E-state index in [1.165, 1.54) is 36.2 Å². The molecule has 9 atom stereocenters. The molecule has 2 aliphatic heterocycles. The fraction of sp³-hybridized carbons (Fsp3) is 0.692. The molecule has 16 nitrogen and oxygen atoms in total. The second-order valence-electron chi connectivity index (χ2n) is 20.4. The summed E-state index contributed by atoms with van der Waals surface area (Å²) in [5, 5.41) is 12.7. The number of ether oxygens (including phenoxy) is 2. The summed E-state index contributed by atoms with van der Waals surface area (Å²) in [6.45, 7) is 14.1. The number of Topliss-reactive ketones (excluding diaryl/α,β-unsaturated/α-hetero) is 1. The predicted molar refractivity (Wildman–Crippen MR) is 257 cm³/mol. The van der Waals surface area contributed by atoms with Crippen LogP contribution in [0.5, 0.6) is 0 Å². The van der Waals surface area contributed by atoms with Gasteiger partial charge < -0.3 is 34.6 Å². The number of likely N-dealkylation sites (N-methyl/N-ethyl adjacent to an activating group) is 2. The molecule has 378 valence electrons. The monoisotopic (exact) mass is 950 g/mol. The Labute approximate surface area is 403 Å². The van der Waals surface area contributed by atoms with Gasteiger partial charge in [-0.3, -0.25) is 38.5 Å². The van der Waals surface area contributed by atoms with Crippen molar-refractivity contribution in [1.82, 2.24) is 24.9 Å². The number of imide groups is 1. The lowest BCUT2D eigenvalue weighted by atomic mass is 9.83. The molecule has 1 spiro atoms. The zero-order valence-corrected chi connectivity index (χ0v) is 42.4. The van der Waals surface area contributed by atoms with Crippen molar-refractivity contribution in [3.8, 4) is 0 Å². The van der Waals surface area contributed by atoms with E-state index in [-0.39, 0.29) is 90.7 Å². The third kappa shape index (κ3) is 14.1. The van der Waals surface area contributed by atoms with Crippen molar-refractivity contribution in [2.24, 2.45) is 35.0 Å². The van der Waals surface area contributed by atoms with Gasteiger partial charge in [0.1, 0.15) is 6.04 Å². The highest BCUT2D eigenvalue weighted by Crippen LogP contribution is 2.56. The Hall–Kier alpha value is -4.96. The lowest BCUT2D eigenvalue weighted by Crippen LogP contribution is -2.55. The average Bonchev–Trinajstić information content (AvgIpc) is 3.85. The van der Waals surface area contributed by atoms with Crippen molar-refractivity contribution in [1.29, 1.82) is 0 Å². The molecule has 3 aliphatic rings. The molecule has 68 heavy (non-hydrogen) atoms. The van der Waals surface area contributed by atoms with Crippen molar-refractivity contribution < 1.29 is 52.9 Å². The molecule has 0 aromatic heterocycles. The number of ketones is 1. The van der Waals surface area contributed by atoms with Crippen LogP contribution in [-0.2, 0) is 54.3 Å². The van der Waals surface area contributed by atoms with E-state index in [1.807, 2.05) is 71.9 Å². The molecule has 0 unspecified atom stereocenters. The van der Waals surface area contributed by atoms with E-state index in [0.717, 1.165) is 18.4 Å². The molecular weight excluding hydrogens is 871 g/mol. The fourth-order valence-corrected chi connectivity index (χ4v) is 10.4. The highest BCUT2D eigenvalue weighted by Gasteiger charge is 2.56. The number of aliphatic carboxylic acids is 1. The van der Waals surface area contributed by atoms with Crippen molar-refractivity contribution in [3.63, 3.8) is 0 Å². The molecule has 6 amide bonds. The average molecular weight is 950 g/mol. The van der Waals surface area contributed by atoms with Crippen LogP contribution in [0.1, 0.15) is 118 Å². The Morgan fingerprint density at radius 3 is 2.01 bits per heavy atom. The zero-order valence-electron chi connectivity index (χ0n) is 42.4. The van der Waals surface area contributed by atoms with E-state index < -0.39 is 60.1 Å². The largest absolute Gasteiger partial charge is 0.480 e. The van der Waals surface area contributed by atoms with Crippen LogP contribution in [0.25, 0.3) is 0 Å². The first kappa shape index (κ1) is 55.6. The van der Waals surface area contributed by atoms with E-state index in [2.05, 4.69) is 5.32 Å². The second-order valence-corrected chi connectivity index (χ2v) is 20.4. The number of amides is 6. The number of nitrogens with zero attached hydrogens (tertiary/aromatic N) is 4. The fourth-order valence-electron chi connectivity index (χ4n) is 10.4. The Bertz CT molecular complexity index is 1950. The molecule has 1 aromatic carbocycles. The standard InChI is InChI=1S/C52H79N5O11/c1-12-34(6)47(55(9)50(64)37(32(2)3)28-40(58)46(33(4)5)54(8)42(59)21-17-14-18-26-56-43(60)22-23-44(56)61)41(67-10)29-45(62)57-31-52(24-25-52)30-39(57)48(68-11)35(7)49(63)53-38(51(65)66)27-36-19-15-13-16-20-36/h13,15-16,19-20,22-23,32-35,37-39,41,46-48H,12,14,17-18,21,24-31H2,1-11H3,(H,53,63)(H,65,66)/t34-,35+,37-,38-,39-,41+,46-,47-,48+/m0/s1. The van der Waals surface area contributed by atoms with E-state index in [9.17, 15) is 43.5 Å². The highest BCUT2D eigenvalue weighted by molar-refractivity contribution is 6.12. The zero-order chi connectivity index (χ0) is 50.6. The molecule has 2 N–H and O–H groups in total. The summed E-state index contributed by atoms with van der Waals surface area (Å²) in [7, 11) is 6.37. The molecule has 4 rings (SSSR count). The number of nitrogens with one attached hydrogen (secondary N) is 1. The van der Waals surface area contributed by atoms with Gasteiger partial charge in [0.25, 0.3) is 11.8 Å². The number of unbranched alkanes of at least 4 members (excludes halogenated alkanes) is 2. The lowest BCUT2D eigenvalue weighted by molar-refractivity contribution is -0.150. The summed E-state index contributed by atoms with van der Waals surface area (Å²) in [5.74, 6) is -5.25. The molecule has 1 saturated heterocycles. The van der Waals surface area contributed by atoms with Gasteiger partial charge >= 0.3 is 5.97 Å². The molecule has 2 heterocycles. The molecule has 1 aromatic rings. The van der Waals surface area contributed by atoms with Gasteiger partial charge in [0.15, 0.2) is 5.78 Å². The normalized spacial score (nSPS) is 19.9. The summed E-state index contributed by atoms with van der Waals surface area (Å²) in [4.78, 5) is 113.